The molecule has 1 unspecified atom stereocenters. The number of carbonyl (C=O) groups excluding carboxylic acids is 1. The molecule has 0 radical (unpaired) electrons. The monoisotopic (exact) mass is 340 g/mol. The Labute approximate surface area is 132 Å². The van der Waals surface area contributed by atoms with Gasteiger partial charge >= 0.3 is 13.8 Å². The Morgan fingerprint density at radius 2 is 1.82 bits per heavy atom. The number of quaternary nitrogens is 1. The summed E-state index contributed by atoms with van der Waals surface area (Å²) in [6.45, 7) is 7.61. The Bertz CT molecular complexity index is 411. The van der Waals surface area contributed by atoms with Crippen molar-refractivity contribution in [2.45, 2.75) is 13.8 Å². The zero-order valence-electron chi connectivity index (χ0n) is 14.0. The third-order valence-corrected chi connectivity index (χ3v) is 4.07. The second-order valence-electron chi connectivity index (χ2n) is 4.99. The topological polar surface area (TPSA) is 80.3 Å². The molecule has 1 atom stereocenters. The summed E-state index contributed by atoms with van der Waals surface area (Å²) in [6.07, 6.45) is 0. The van der Waals surface area contributed by atoms with E-state index < -0.39 is 13.8 Å². The van der Waals surface area contributed by atoms with Crippen LogP contribution >= 0.6 is 7.82 Å². The number of hydrogen-bond donors (Lipinski definition) is 0. The van der Waals surface area contributed by atoms with Crippen LogP contribution in [-0.4, -0.2) is 64.8 Å². The predicted molar refractivity (Wildman–Crippen MR) is 80.9 cm³/mol. The molecule has 0 fully saturated rings. The van der Waals surface area contributed by atoms with Crippen molar-refractivity contribution in [1.82, 2.24) is 0 Å². The molecule has 130 valence electrons. The maximum Gasteiger partial charge on any atom is 0.521 e. The first-order chi connectivity index (χ1) is 10.2. The summed E-state index contributed by atoms with van der Waals surface area (Å²) in [7, 11) is 1.09. The van der Waals surface area contributed by atoms with E-state index in [4.69, 9.17) is 23.1 Å². The van der Waals surface area contributed by atoms with Gasteiger partial charge in [-0.05, 0) is 13.8 Å². The molecule has 0 aromatic heterocycles. The molecule has 0 amide bonds. The lowest BCUT2D eigenvalue weighted by atomic mass is 10.4. The SMILES string of the molecule is C=C(C)C(=O)OCC[N+](C)(C)OP(=O)(OCC)OCCOC. The molecule has 0 bridgehead atoms. The van der Waals surface area contributed by atoms with Gasteiger partial charge in [-0.1, -0.05) is 11.2 Å². The Balaban J connectivity index is 4.50. The van der Waals surface area contributed by atoms with Crippen molar-refractivity contribution in [2.75, 3.05) is 54.2 Å². The highest BCUT2D eigenvalue weighted by atomic mass is 31.2. The van der Waals surface area contributed by atoms with Gasteiger partial charge < -0.3 is 9.47 Å². The zero-order valence-corrected chi connectivity index (χ0v) is 14.9. The molecule has 0 heterocycles. The van der Waals surface area contributed by atoms with E-state index in [2.05, 4.69) is 6.58 Å². The molecule has 0 aliphatic heterocycles. The average Bonchev–Trinajstić information content (AvgIpc) is 2.37. The minimum atomic E-state index is -3.72. The molecule has 0 saturated heterocycles. The molecule has 0 aliphatic rings. The molecule has 0 rings (SSSR count). The number of phosphoric ester groups is 1. The lowest BCUT2D eigenvalue weighted by Gasteiger charge is -2.29. The minimum absolute atomic E-state index is 0.0818. The molecule has 22 heavy (non-hydrogen) atoms. The van der Waals surface area contributed by atoms with Crippen LogP contribution in [0, 0.1) is 0 Å². The standard InChI is InChI=1S/C13H27NO7P/c1-7-19-22(16,20-11-10-17-6)21-14(4,5)8-9-18-13(15)12(2)3/h2,7-11H2,1,3-6H3/q+1. The number of ether oxygens (including phenoxy) is 2. The van der Waals surface area contributed by atoms with Crippen molar-refractivity contribution < 1.29 is 37.2 Å². The largest absolute Gasteiger partial charge is 0.521 e. The Morgan fingerprint density at radius 3 is 2.32 bits per heavy atom. The van der Waals surface area contributed by atoms with Gasteiger partial charge in [-0.25, -0.2) is 9.36 Å². The lowest BCUT2D eigenvalue weighted by molar-refractivity contribution is -1.05. The number of rotatable bonds is 12. The van der Waals surface area contributed by atoms with Gasteiger partial charge in [0.05, 0.1) is 33.9 Å². The van der Waals surface area contributed by atoms with E-state index in [1.54, 1.807) is 27.9 Å². The summed E-state index contributed by atoms with van der Waals surface area (Å²) in [4.78, 5) is 11.3. The Kier molecular flexibility index (Phi) is 9.75. The van der Waals surface area contributed by atoms with E-state index in [-0.39, 0.29) is 37.6 Å². The van der Waals surface area contributed by atoms with Gasteiger partial charge in [0.2, 0.25) is 0 Å². The fourth-order valence-electron chi connectivity index (χ4n) is 1.27. The number of phosphoric acid groups is 1. The summed E-state index contributed by atoms with van der Waals surface area (Å²) < 4.78 is 37.8. The fourth-order valence-corrected chi connectivity index (χ4v) is 2.67. The van der Waals surface area contributed by atoms with Crippen molar-refractivity contribution in [3.05, 3.63) is 12.2 Å². The van der Waals surface area contributed by atoms with Gasteiger partial charge in [0.25, 0.3) is 0 Å². The average molecular weight is 340 g/mol. The van der Waals surface area contributed by atoms with Gasteiger partial charge in [0.15, 0.2) is 0 Å². The molecule has 8 nitrogen and oxygen atoms in total. The third-order valence-electron chi connectivity index (χ3n) is 2.36. The number of methoxy groups -OCH3 is 1. The van der Waals surface area contributed by atoms with E-state index >= 15 is 0 Å². The van der Waals surface area contributed by atoms with Crippen LogP contribution in [0.2, 0.25) is 0 Å². The Morgan fingerprint density at radius 1 is 1.18 bits per heavy atom. The van der Waals surface area contributed by atoms with Crippen molar-refractivity contribution >= 4 is 13.8 Å². The van der Waals surface area contributed by atoms with Crippen molar-refractivity contribution in [3.8, 4) is 0 Å². The first-order valence-electron chi connectivity index (χ1n) is 6.91. The summed E-state index contributed by atoms with van der Waals surface area (Å²) in [5.41, 5.74) is 0.314. The van der Waals surface area contributed by atoms with Crippen LogP contribution in [-0.2, 0) is 32.5 Å². The first kappa shape index (κ1) is 21.2. The van der Waals surface area contributed by atoms with Gasteiger partial charge in [0.1, 0.15) is 13.2 Å². The fraction of sp³-hybridized carbons (Fsp3) is 0.769. The Hall–Kier alpha value is -0.760. The van der Waals surface area contributed by atoms with Crippen LogP contribution in [0.3, 0.4) is 0 Å². The van der Waals surface area contributed by atoms with Crippen LogP contribution in [0.25, 0.3) is 0 Å². The quantitative estimate of drug-likeness (QED) is 0.134. The second kappa shape index (κ2) is 10.1. The summed E-state index contributed by atoms with van der Waals surface area (Å²) in [5, 5.41) is 0. The highest BCUT2D eigenvalue weighted by molar-refractivity contribution is 7.48. The number of esters is 1. The smallest absolute Gasteiger partial charge is 0.456 e. The second-order valence-corrected chi connectivity index (χ2v) is 6.56. The molecule has 0 saturated carbocycles. The minimum Gasteiger partial charge on any atom is -0.456 e. The van der Waals surface area contributed by atoms with Crippen molar-refractivity contribution in [2.24, 2.45) is 0 Å². The predicted octanol–water partition coefficient (Wildman–Crippen LogP) is 1.92. The van der Waals surface area contributed by atoms with E-state index in [0.29, 0.717) is 5.57 Å². The zero-order chi connectivity index (χ0) is 17.2. The maximum atomic E-state index is 12.4. The molecule has 0 N–H and O–H groups in total. The van der Waals surface area contributed by atoms with E-state index in [9.17, 15) is 9.36 Å². The van der Waals surface area contributed by atoms with Gasteiger partial charge in [-0.15, -0.1) is 0 Å². The highest BCUT2D eigenvalue weighted by Gasteiger charge is 2.36. The van der Waals surface area contributed by atoms with Gasteiger partial charge in [-0.3, -0.25) is 9.05 Å². The number of likely N-dealkylation sites (N-methyl/N-ethyl adjacent to an activating group) is 1. The third kappa shape index (κ3) is 9.30. The van der Waals surface area contributed by atoms with E-state index in [1.807, 2.05) is 0 Å². The van der Waals surface area contributed by atoms with E-state index in [0.717, 1.165) is 0 Å². The normalized spacial score (nSPS) is 14.4. The van der Waals surface area contributed by atoms with Crippen LogP contribution in [0.5, 0.6) is 0 Å². The number of nitrogens with zero attached hydrogens (tertiary/aromatic N) is 1. The highest BCUT2D eigenvalue weighted by Crippen LogP contribution is 2.51. The van der Waals surface area contributed by atoms with Crippen molar-refractivity contribution in [3.63, 3.8) is 0 Å². The number of hydroxylamine groups is 3. The molecule has 0 aliphatic carbocycles. The number of hydrogen-bond acceptors (Lipinski definition) is 7. The molecule has 0 aromatic carbocycles. The summed E-state index contributed by atoms with van der Waals surface area (Å²) in [6, 6.07) is 0. The van der Waals surface area contributed by atoms with Crippen LogP contribution in [0.15, 0.2) is 12.2 Å². The summed E-state index contributed by atoms with van der Waals surface area (Å²) >= 11 is 0. The lowest BCUT2D eigenvalue weighted by Crippen LogP contribution is -2.42. The molecular weight excluding hydrogens is 313 g/mol. The summed E-state index contributed by atoms with van der Waals surface area (Å²) in [5.74, 6) is -0.482. The number of carbonyl (C=O) groups is 1. The van der Waals surface area contributed by atoms with Gasteiger partial charge in [0, 0.05) is 12.7 Å². The molecular formula is C13H27NO7P+. The van der Waals surface area contributed by atoms with Crippen LogP contribution < -0.4 is 0 Å². The van der Waals surface area contributed by atoms with Crippen molar-refractivity contribution in [1.29, 1.82) is 0 Å². The molecule has 0 aromatic rings. The first-order valence-corrected chi connectivity index (χ1v) is 8.37. The molecule has 0 spiro atoms. The van der Waals surface area contributed by atoms with E-state index in [1.165, 1.54) is 7.11 Å². The maximum absolute atomic E-state index is 12.4. The van der Waals surface area contributed by atoms with Crippen LogP contribution in [0.1, 0.15) is 13.8 Å². The molecule has 9 heteroatoms. The van der Waals surface area contributed by atoms with Gasteiger partial charge in [-0.2, -0.15) is 4.65 Å². The van der Waals surface area contributed by atoms with Crippen LogP contribution in [0.4, 0.5) is 0 Å².